The zero-order valence-electron chi connectivity index (χ0n) is 11.7. The molecule has 1 N–H and O–H groups in total. The molecule has 1 aromatic carbocycles. The van der Waals surface area contributed by atoms with Crippen LogP contribution in [-0.4, -0.2) is 22.6 Å². The summed E-state index contributed by atoms with van der Waals surface area (Å²) in [6, 6.07) is 10.8. The fourth-order valence-electron chi connectivity index (χ4n) is 1.81. The molecule has 0 saturated carbocycles. The van der Waals surface area contributed by atoms with Gasteiger partial charge in [0.2, 0.25) is 0 Å². The van der Waals surface area contributed by atoms with Crippen molar-refractivity contribution in [1.29, 1.82) is 0 Å². The summed E-state index contributed by atoms with van der Waals surface area (Å²) in [5, 5.41) is 4.64. The fourth-order valence-corrected chi connectivity index (χ4v) is 3.41. The summed E-state index contributed by atoms with van der Waals surface area (Å²) in [6.07, 6.45) is 6.61. The van der Waals surface area contributed by atoms with Crippen LogP contribution < -0.4 is 10.5 Å². The molecule has 0 amide bonds. The van der Waals surface area contributed by atoms with Gasteiger partial charge < -0.3 is 5.32 Å². The summed E-state index contributed by atoms with van der Waals surface area (Å²) >= 11 is 0. The average Bonchev–Trinajstić information content (AvgIpc) is 2.78. The second-order valence-corrected chi connectivity index (χ2v) is 6.29. The van der Waals surface area contributed by atoms with Crippen LogP contribution in [0.25, 0.3) is 0 Å². The van der Waals surface area contributed by atoms with Crippen molar-refractivity contribution in [1.82, 2.24) is 5.32 Å². The molecule has 97 valence electrons. The van der Waals surface area contributed by atoms with Crippen LogP contribution >= 0.6 is 0 Å². The smallest absolute Gasteiger partial charge is 0.0716 e. The van der Waals surface area contributed by atoms with Crippen molar-refractivity contribution in [3.63, 3.8) is 0 Å². The molecule has 0 atom stereocenters. The van der Waals surface area contributed by atoms with E-state index >= 15 is 0 Å². The van der Waals surface area contributed by atoms with Crippen molar-refractivity contribution < 1.29 is 0 Å². The molecule has 0 aromatic heterocycles. The molecule has 0 heterocycles. The lowest BCUT2D eigenvalue weighted by atomic mass is 10.3. The highest BCUT2D eigenvalue weighted by molar-refractivity contribution is 6.61. The van der Waals surface area contributed by atoms with Crippen LogP contribution in [0, 0.1) is 5.54 Å². The van der Waals surface area contributed by atoms with Crippen LogP contribution in [0.2, 0.25) is 0 Å². The third-order valence-corrected chi connectivity index (χ3v) is 4.94. The summed E-state index contributed by atoms with van der Waals surface area (Å²) < 4.78 is 0. The molecule has 1 aliphatic carbocycles. The quantitative estimate of drug-likeness (QED) is 0.816. The zero-order chi connectivity index (χ0) is 13.2. The molecule has 1 nitrogen and oxygen atoms in total. The van der Waals surface area contributed by atoms with E-state index in [1.165, 1.54) is 10.8 Å². The molecule has 1 radical (unpaired) electrons. The molecule has 2 heteroatoms. The molecular formula is C16H24NSi. The predicted molar refractivity (Wildman–Crippen MR) is 85.0 cm³/mol. The second-order valence-electron chi connectivity index (χ2n) is 4.35. The largest absolute Gasteiger partial charge is 0.317 e. The first-order valence-electron chi connectivity index (χ1n) is 6.73. The van der Waals surface area contributed by atoms with E-state index in [2.05, 4.69) is 74.6 Å². The topological polar surface area (TPSA) is 12.0 Å². The van der Waals surface area contributed by atoms with Crippen molar-refractivity contribution in [3.05, 3.63) is 59.7 Å². The van der Waals surface area contributed by atoms with Gasteiger partial charge in [-0.05, 0) is 20.0 Å². The monoisotopic (exact) mass is 258 g/mol. The van der Waals surface area contributed by atoms with Crippen molar-refractivity contribution in [3.8, 4) is 0 Å². The van der Waals surface area contributed by atoms with Gasteiger partial charge in [0, 0.05) is 5.54 Å². The lowest BCUT2D eigenvalue weighted by Gasteiger charge is -2.07. The Morgan fingerprint density at radius 3 is 2.17 bits per heavy atom. The van der Waals surface area contributed by atoms with Crippen LogP contribution in [0.1, 0.15) is 20.8 Å². The van der Waals surface area contributed by atoms with E-state index in [0.29, 0.717) is 0 Å². The highest BCUT2D eigenvalue weighted by atomic mass is 28.2. The number of rotatable bonds is 4. The summed E-state index contributed by atoms with van der Waals surface area (Å²) in [6.45, 7) is 8.59. The van der Waals surface area contributed by atoms with E-state index in [-0.39, 0.29) is 9.52 Å². The van der Waals surface area contributed by atoms with E-state index in [0.717, 1.165) is 13.1 Å². The maximum Gasteiger partial charge on any atom is 0.0716 e. The third-order valence-electron chi connectivity index (χ3n) is 2.89. The van der Waals surface area contributed by atoms with Gasteiger partial charge in [0.05, 0.1) is 9.52 Å². The Kier molecular flexibility index (Phi) is 7.38. The molecule has 18 heavy (non-hydrogen) atoms. The van der Waals surface area contributed by atoms with Crippen molar-refractivity contribution in [2.75, 3.05) is 13.1 Å². The molecule has 0 bridgehead atoms. The Morgan fingerprint density at radius 1 is 1.06 bits per heavy atom. The molecule has 1 aliphatic rings. The Hall–Kier alpha value is -1.12. The fraction of sp³-hybridized carbons (Fsp3) is 0.312. The summed E-state index contributed by atoms with van der Waals surface area (Å²) in [4.78, 5) is 0. The molecule has 0 aliphatic heterocycles. The van der Waals surface area contributed by atoms with Gasteiger partial charge in [-0.15, -0.1) is 0 Å². The van der Waals surface area contributed by atoms with Gasteiger partial charge in [0.25, 0.3) is 0 Å². The number of hydrogen-bond donors (Lipinski definition) is 1. The van der Waals surface area contributed by atoms with Crippen LogP contribution in [-0.2, 0) is 0 Å². The van der Waals surface area contributed by atoms with E-state index in [9.17, 15) is 0 Å². The van der Waals surface area contributed by atoms with Crippen molar-refractivity contribution in [2.45, 2.75) is 20.8 Å². The second kappa shape index (κ2) is 8.89. The van der Waals surface area contributed by atoms with E-state index in [4.69, 9.17) is 0 Å². The Balaban J connectivity index is 0.000000280. The first-order chi connectivity index (χ1) is 8.77. The molecule has 2 rings (SSSR count). The Morgan fingerprint density at radius 2 is 1.72 bits per heavy atom. The minimum Gasteiger partial charge on any atom is -0.317 e. The van der Waals surface area contributed by atoms with Gasteiger partial charge in [0.1, 0.15) is 0 Å². The number of hydrogen-bond acceptors (Lipinski definition) is 1. The summed E-state index contributed by atoms with van der Waals surface area (Å²) in [5.41, 5.74) is 3.03. The predicted octanol–water partition coefficient (Wildman–Crippen LogP) is 2.14. The summed E-state index contributed by atoms with van der Waals surface area (Å²) in [7, 11) is -0.221. The lowest BCUT2D eigenvalue weighted by molar-refractivity contribution is 0.762. The molecule has 1 aromatic rings. The first kappa shape index (κ1) is 14.9. The number of benzene rings is 1. The van der Waals surface area contributed by atoms with Gasteiger partial charge in [-0.2, -0.15) is 0 Å². The number of nitrogens with one attached hydrogen (secondary N) is 1. The molecule has 0 fully saturated rings. The highest BCUT2D eigenvalue weighted by Gasteiger charge is 2.11. The SMILES string of the molecule is CC1=CC=C[C]1[SiH2]c1ccccc1.CCNCC. The van der Waals surface area contributed by atoms with Crippen LogP contribution in [0.4, 0.5) is 0 Å². The van der Waals surface area contributed by atoms with Gasteiger partial charge >= 0.3 is 0 Å². The van der Waals surface area contributed by atoms with Crippen LogP contribution in [0.15, 0.2) is 54.1 Å². The van der Waals surface area contributed by atoms with E-state index < -0.39 is 0 Å². The standard InChI is InChI=1S/C12H13Si.C4H11N/c1-10-6-5-9-12(10)13-11-7-3-2-4-8-11;1-3-5-4-2/h2-9H,13H2,1H3;5H,3-4H2,1-2H3. The third kappa shape index (κ3) is 5.47. The maximum atomic E-state index is 3.11. The molecule has 0 spiro atoms. The maximum absolute atomic E-state index is 3.11. The lowest BCUT2D eigenvalue weighted by Crippen LogP contribution is -2.20. The molecule has 0 unspecified atom stereocenters. The zero-order valence-corrected chi connectivity index (χ0v) is 13.2. The van der Waals surface area contributed by atoms with Gasteiger partial charge in [0.15, 0.2) is 0 Å². The van der Waals surface area contributed by atoms with Crippen LogP contribution in [0.3, 0.4) is 0 Å². The van der Waals surface area contributed by atoms with Crippen molar-refractivity contribution in [2.24, 2.45) is 0 Å². The normalized spacial score (nSPS) is 14.7. The molecule has 0 saturated heterocycles. The van der Waals surface area contributed by atoms with Gasteiger partial charge in [-0.1, -0.05) is 73.2 Å². The first-order valence-corrected chi connectivity index (χ1v) is 8.15. The number of allylic oxidation sites excluding steroid dienone is 4. The molecular weight excluding hydrogens is 234 g/mol. The van der Waals surface area contributed by atoms with E-state index in [1.807, 2.05) is 0 Å². The highest BCUT2D eigenvalue weighted by Crippen LogP contribution is 2.18. The van der Waals surface area contributed by atoms with Crippen LogP contribution in [0.5, 0.6) is 0 Å². The van der Waals surface area contributed by atoms with Crippen molar-refractivity contribution >= 4 is 14.7 Å². The Bertz CT molecular complexity index is 379. The van der Waals surface area contributed by atoms with Gasteiger partial charge in [-0.25, -0.2) is 0 Å². The van der Waals surface area contributed by atoms with Gasteiger partial charge in [-0.3, -0.25) is 0 Å². The minimum absolute atomic E-state index is 0.221. The Labute approximate surface area is 114 Å². The van der Waals surface area contributed by atoms with E-state index in [1.54, 1.807) is 5.54 Å². The summed E-state index contributed by atoms with van der Waals surface area (Å²) in [5.74, 6) is 0. The minimum atomic E-state index is -0.221. The average molecular weight is 258 g/mol.